The summed E-state index contributed by atoms with van der Waals surface area (Å²) < 4.78 is 0. The summed E-state index contributed by atoms with van der Waals surface area (Å²) in [6, 6.07) is 0. The molecular weight excluding hydrogens is 218 g/mol. The molecule has 1 atom stereocenters. The van der Waals surface area contributed by atoms with Gasteiger partial charge in [0.25, 0.3) is 0 Å². The van der Waals surface area contributed by atoms with Gasteiger partial charge in [-0.25, -0.2) is 0 Å². The number of halogens is 3. The first-order valence-electron chi connectivity index (χ1n) is 2.34. The van der Waals surface area contributed by atoms with E-state index in [1.54, 1.807) is 0 Å². The van der Waals surface area contributed by atoms with Gasteiger partial charge in [-0.05, 0) is 12.8 Å². The van der Waals surface area contributed by atoms with Crippen molar-refractivity contribution in [3.63, 3.8) is 0 Å². The third-order valence-corrected chi connectivity index (χ3v) is 1.06. The summed E-state index contributed by atoms with van der Waals surface area (Å²) >= 11 is 11.9. The second kappa shape index (κ2) is 12.2. The molecule has 0 rings (SSSR count). The Morgan fingerprint density at radius 2 is 1.89 bits per heavy atom. The van der Waals surface area contributed by atoms with E-state index in [0.29, 0.717) is 12.3 Å². The average Bonchev–Trinajstić information content (AvgIpc) is 1.88. The van der Waals surface area contributed by atoms with Crippen LogP contribution in [0.25, 0.3) is 0 Å². The standard InChI is InChI=1S/C4H8Cl2O.ClH.Ti/c5-3-1-2-4(6)7;;/h4,7H,1-3H2;1H;/q;;+1/p-1. The average molecular weight is 226 g/mol. The van der Waals surface area contributed by atoms with Crippen molar-refractivity contribution in [1.29, 1.82) is 0 Å². The van der Waals surface area contributed by atoms with Crippen LogP contribution < -0.4 is 0 Å². The summed E-state index contributed by atoms with van der Waals surface area (Å²) in [6.07, 6.45) is 1.37. The molecule has 0 aromatic rings. The number of hydrogen-bond donors (Lipinski definition) is 1. The first-order chi connectivity index (χ1) is 4.27. The van der Waals surface area contributed by atoms with E-state index in [0.717, 1.165) is 6.42 Å². The molecule has 0 aliphatic carbocycles. The maximum absolute atomic E-state index is 8.39. The molecule has 9 heavy (non-hydrogen) atoms. The number of rotatable bonds is 3. The van der Waals surface area contributed by atoms with Gasteiger partial charge in [-0.15, -0.1) is 11.6 Å². The zero-order valence-corrected chi connectivity index (χ0v) is 8.61. The third-order valence-electron chi connectivity index (χ3n) is 0.576. The Morgan fingerprint density at radius 1 is 1.44 bits per heavy atom. The zero-order chi connectivity index (χ0) is 7.70. The van der Waals surface area contributed by atoms with E-state index in [1.807, 2.05) is 0 Å². The van der Waals surface area contributed by atoms with Gasteiger partial charge in [-0.3, -0.25) is 0 Å². The fourth-order valence-corrected chi connectivity index (χ4v) is 0.554. The van der Waals surface area contributed by atoms with Gasteiger partial charge in [0.1, 0.15) is 5.56 Å². The van der Waals surface area contributed by atoms with Crippen LogP contribution in [-0.4, -0.2) is 16.5 Å². The summed E-state index contributed by atoms with van der Waals surface area (Å²) in [5.41, 5.74) is -0.709. The first-order valence-corrected chi connectivity index (χ1v) is 5.46. The van der Waals surface area contributed by atoms with Gasteiger partial charge in [0.2, 0.25) is 0 Å². The van der Waals surface area contributed by atoms with Crippen molar-refractivity contribution in [3.8, 4) is 0 Å². The van der Waals surface area contributed by atoms with Crippen molar-refractivity contribution < 1.29 is 24.5 Å². The maximum atomic E-state index is 8.39. The predicted octanol–water partition coefficient (Wildman–Crippen LogP) is 2.25. The quantitative estimate of drug-likeness (QED) is 0.578. The second-order valence-corrected chi connectivity index (χ2v) is 2.15. The van der Waals surface area contributed by atoms with Crippen molar-refractivity contribution in [2.45, 2.75) is 18.4 Å². The van der Waals surface area contributed by atoms with Gasteiger partial charge in [-0.1, -0.05) is 11.6 Å². The van der Waals surface area contributed by atoms with Gasteiger partial charge < -0.3 is 5.11 Å². The molecule has 5 heteroatoms. The molecule has 0 amide bonds. The fraction of sp³-hybridized carbons (Fsp3) is 1.00. The molecule has 0 radical (unpaired) electrons. The van der Waals surface area contributed by atoms with Gasteiger partial charge in [-0.2, -0.15) is 0 Å². The topological polar surface area (TPSA) is 20.2 Å². The Bertz CT molecular complexity index is 44.8. The molecule has 0 saturated heterocycles. The predicted molar refractivity (Wildman–Crippen MR) is 37.7 cm³/mol. The molecule has 0 aromatic heterocycles. The molecule has 0 bridgehead atoms. The number of alkyl halides is 2. The number of aliphatic hydroxyl groups is 1. The molecule has 55 valence electrons. The first kappa shape index (κ1) is 13.2. The van der Waals surface area contributed by atoms with E-state index in [1.165, 1.54) is 19.4 Å². The summed E-state index contributed by atoms with van der Waals surface area (Å²) in [5, 5.41) is 8.39. The molecule has 1 unspecified atom stereocenters. The van der Waals surface area contributed by atoms with Crippen molar-refractivity contribution in [2.24, 2.45) is 0 Å². The van der Waals surface area contributed by atoms with Crippen LogP contribution in [0.4, 0.5) is 0 Å². The van der Waals surface area contributed by atoms with E-state index in [4.69, 9.17) is 28.3 Å². The van der Waals surface area contributed by atoms with Crippen LogP contribution in [-0.2, 0) is 19.4 Å². The SMILES string of the molecule is OC(Cl)CCCCl.[Cl][Ti]. The molecule has 0 aliphatic rings. The van der Waals surface area contributed by atoms with Gasteiger partial charge in [0.05, 0.1) is 0 Å². The van der Waals surface area contributed by atoms with E-state index >= 15 is 0 Å². The minimum atomic E-state index is -0.709. The van der Waals surface area contributed by atoms with Crippen LogP contribution in [0.5, 0.6) is 0 Å². The molecule has 0 spiro atoms. The van der Waals surface area contributed by atoms with Crippen molar-refractivity contribution in [2.75, 3.05) is 5.88 Å². The number of hydrogen-bond acceptors (Lipinski definition) is 1. The minimum absolute atomic E-state index is 0.573. The number of aliphatic hydroxyl groups excluding tert-OH is 1. The van der Waals surface area contributed by atoms with Crippen LogP contribution in [0.3, 0.4) is 0 Å². The summed E-state index contributed by atoms with van der Waals surface area (Å²) in [4.78, 5) is 0. The second-order valence-electron chi connectivity index (χ2n) is 1.27. The van der Waals surface area contributed by atoms with Crippen LogP contribution in [0.15, 0.2) is 0 Å². The Hall–Kier alpha value is 1.54. The van der Waals surface area contributed by atoms with Crippen LogP contribution in [0.1, 0.15) is 12.8 Å². The molecular formula is C4H8Cl3OTi. The summed E-state index contributed by atoms with van der Waals surface area (Å²) in [5.74, 6) is 0.573. The monoisotopic (exact) mass is 225 g/mol. The van der Waals surface area contributed by atoms with Crippen molar-refractivity contribution in [1.82, 2.24) is 0 Å². The van der Waals surface area contributed by atoms with E-state index in [9.17, 15) is 0 Å². The molecule has 0 heterocycles. The Labute approximate surface area is 80.9 Å². The van der Waals surface area contributed by atoms with Crippen molar-refractivity contribution >= 4 is 32.5 Å². The summed E-state index contributed by atoms with van der Waals surface area (Å²) in [6.45, 7) is 0. The Balaban J connectivity index is 0. The third kappa shape index (κ3) is 17.7. The van der Waals surface area contributed by atoms with Gasteiger partial charge >= 0.3 is 28.7 Å². The normalized spacial score (nSPS) is 11.4. The van der Waals surface area contributed by atoms with Crippen LogP contribution >= 0.6 is 32.5 Å². The van der Waals surface area contributed by atoms with Crippen molar-refractivity contribution in [3.05, 3.63) is 0 Å². The van der Waals surface area contributed by atoms with E-state index in [-0.39, 0.29) is 0 Å². The summed E-state index contributed by atoms with van der Waals surface area (Å²) in [7, 11) is 4.64. The molecule has 0 saturated carbocycles. The zero-order valence-electron chi connectivity index (χ0n) is 4.78. The Morgan fingerprint density at radius 3 is 2.00 bits per heavy atom. The Kier molecular flexibility index (Phi) is 17.9. The molecule has 0 aromatic carbocycles. The molecule has 1 N–H and O–H groups in total. The van der Waals surface area contributed by atoms with E-state index < -0.39 is 5.56 Å². The fourth-order valence-electron chi connectivity index (χ4n) is 0.246. The van der Waals surface area contributed by atoms with Crippen LogP contribution in [0.2, 0.25) is 0 Å². The van der Waals surface area contributed by atoms with Crippen LogP contribution in [0, 0.1) is 0 Å². The van der Waals surface area contributed by atoms with Gasteiger partial charge in [0.15, 0.2) is 0 Å². The molecule has 1 nitrogen and oxygen atoms in total. The van der Waals surface area contributed by atoms with Gasteiger partial charge in [0, 0.05) is 5.88 Å². The molecule has 0 aliphatic heterocycles. The molecule has 0 fully saturated rings. The van der Waals surface area contributed by atoms with E-state index in [2.05, 4.69) is 9.30 Å².